The van der Waals surface area contributed by atoms with Gasteiger partial charge in [0.05, 0.1) is 12.8 Å². The summed E-state index contributed by atoms with van der Waals surface area (Å²) < 4.78 is 16.3. The summed E-state index contributed by atoms with van der Waals surface area (Å²) in [5.41, 5.74) is 0.767. The Kier molecular flexibility index (Phi) is 6.30. The average Bonchev–Trinajstić information content (AvgIpc) is 3.65. The highest BCUT2D eigenvalue weighted by atomic mass is 16.5. The summed E-state index contributed by atoms with van der Waals surface area (Å²) >= 11 is 0. The van der Waals surface area contributed by atoms with E-state index in [1.807, 2.05) is 0 Å². The smallest absolute Gasteiger partial charge is 0.265 e. The molecule has 1 aliphatic heterocycles. The van der Waals surface area contributed by atoms with Gasteiger partial charge in [0.1, 0.15) is 23.3 Å². The van der Waals surface area contributed by atoms with Gasteiger partial charge in [-0.25, -0.2) is 0 Å². The number of anilines is 1. The van der Waals surface area contributed by atoms with Crippen LogP contribution in [0, 0.1) is 5.92 Å². The van der Waals surface area contributed by atoms with Crippen molar-refractivity contribution in [2.45, 2.75) is 25.8 Å². The lowest BCUT2D eigenvalue weighted by Crippen LogP contribution is -2.51. The number of carbonyl (C=O) groups is 3. The molecule has 1 saturated carbocycles. The first-order chi connectivity index (χ1) is 15.5. The summed E-state index contributed by atoms with van der Waals surface area (Å²) in [6.07, 6.45) is 2.24. The number of benzene rings is 2. The van der Waals surface area contributed by atoms with Gasteiger partial charge in [-0.05, 0) is 56.0 Å². The van der Waals surface area contributed by atoms with E-state index in [1.54, 1.807) is 56.5 Å². The van der Waals surface area contributed by atoms with Crippen LogP contribution in [-0.2, 0) is 9.59 Å². The molecular formula is C24H26N2O6. The van der Waals surface area contributed by atoms with Crippen LogP contribution in [0.2, 0.25) is 0 Å². The highest BCUT2D eigenvalue weighted by molar-refractivity contribution is 6.05. The number of hydrogen-bond donors (Lipinski definition) is 1. The van der Waals surface area contributed by atoms with Crippen LogP contribution in [0.4, 0.5) is 5.69 Å². The number of nitrogens with zero attached hydrogens (tertiary/aromatic N) is 1. The first kappa shape index (κ1) is 21.7. The molecule has 1 atom stereocenters. The van der Waals surface area contributed by atoms with Crippen molar-refractivity contribution < 1.29 is 28.6 Å². The number of fused-ring (bicyclic) bond motifs is 1. The summed E-state index contributed by atoms with van der Waals surface area (Å²) in [4.78, 5) is 39.4. The molecule has 2 aromatic rings. The largest absolute Gasteiger partial charge is 0.497 e. The van der Waals surface area contributed by atoms with Crippen molar-refractivity contribution in [1.29, 1.82) is 0 Å². The van der Waals surface area contributed by atoms with Crippen LogP contribution in [-0.4, -0.2) is 50.5 Å². The van der Waals surface area contributed by atoms with Gasteiger partial charge in [0.15, 0.2) is 19.0 Å². The molecule has 32 heavy (non-hydrogen) atoms. The van der Waals surface area contributed by atoms with E-state index < -0.39 is 6.04 Å². The van der Waals surface area contributed by atoms with Gasteiger partial charge in [0.25, 0.3) is 5.91 Å². The summed E-state index contributed by atoms with van der Waals surface area (Å²) in [5, 5.41) is 2.91. The quantitative estimate of drug-likeness (QED) is 0.605. The van der Waals surface area contributed by atoms with Crippen molar-refractivity contribution in [3.8, 4) is 17.2 Å². The topological polar surface area (TPSA) is 94.2 Å². The number of ether oxygens (including phenoxy) is 3. The normalized spacial score (nSPS) is 15.9. The lowest BCUT2D eigenvalue weighted by Gasteiger charge is -2.33. The molecule has 0 spiro atoms. The van der Waals surface area contributed by atoms with Crippen molar-refractivity contribution >= 4 is 23.3 Å². The SMILES string of the molecule is COc1cccc(OCC(=O)c2ccc3c(c2)N(C(C)C(=O)NCC2CC2)C(=O)CO3)c1. The fraction of sp³-hybridized carbons (Fsp3) is 0.375. The average molecular weight is 438 g/mol. The molecule has 4 rings (SSSR count). The van der Waals surface area contributed by atoms with Crippen molar-refractivity contribution in [3.63, 3.8) is 0 Å². The van der Waals surface area contributed by atoms with Crippen LogP contribution in [0.15, 0.2) is 42.5 Å². The van der Waals surface area contributed by atoms with Gasteiger partial charge in [-0.3, -0.25) is 19.3 Å². The predicted molar refractivity (Wildman–Crippen MR) is 117 cm³/mol. The van der Waals surface area contributed by atoms with E-state index in [0.29, 0.717) is 41.0 Å². The summed E-state index contributed by atoms with van der Waals surface area (Å²) in [6.45, 7) is 1.96. The predicted octanol–water partition coefficient (Wildman–Crippen LogP) is 2.60. The van der Waals surface area contributed by atoms with Gasteiger partial charge in [0, 0.05) is 18.2 Å². The first-order valence-corrected chi connectivity index (χ1v) is 10.6. The molecule has 8 nitrogen and oxygen atoms in total. The Morgan fingerprint density at radius 1 is 1.19 bits per heavy atom. The zero-order chi connectivity index (χ0) is 22.7. The lowest BCUT2D eigenvalue weighted by molar-refractivity contribution is -0.127. The molecule has 2 amide bonds. The van der Waals surface area contributed by atoms with Crippen LogP contribution in [0.25, 0.3) is 0 Å². The van der Waals surface area contributed by atoms with Crippen molar-refractivity contribution in [1.82, 2.24) is 5.32 Å². The Morgan fingerprint density at radius 2 is 1.97 bits per heavy atom. The van der Waals surface area contributed by atoms with E-state index >= 15 is 0 Å². The van der Waals surface area contributed by atoms with Crippen molar-refractivity contribution in [3.05, 3.63) is 48.0 Å². The molecule has 2 aliphatic rings. The second kappa shape index (κ2) is 9.30. The Labute approximate surface area is 186 Å². The van der Waals surface area contributed by atoms with Gasteiger partial charge in [0.2, 0.25) is 5.91 Å². The molecule has 2 aromatic carbocycles. The zero-order valence-corrected chi connectivity index (χ0v) is 18.1. The van der Waals surface area contributed by atoms with E-state index in [-0.39, 0.29) is 30.8 Å². The van der Waals surface area contributed by atoms with Gasteiger partial charge < -0.3 is 19.5 Å². The molecule has 1 aliphatic carbocycles. The molecule has 0 saturated heterocycles. The molecule has 0 bridgehead atoms. The highest BCUT2D eigenvalue weighted by Crippen LogP contribution is 2.35. The second-order valence-electron chi connectivity index (χ2n) is 7.99. The van der Waals surface area contributed by atoms with Crippen LogP contribution in [0.5, 0.6) is 17.2 Å². The summed E-state index contributed by atoms with van der Waals surface area (Å²) in [7, 11) is 1.56. The highest BCUT2D eigenvalue weighted by Gasteiger charge is 2.34. The van der Waals surface area contributed by atoms with Crippen LogP contribution in [0.3, 0.4) is 0 Å². The number of amides is 2. The van der Waals surface area contributed by atoms with Crippen molar-refractivity contribution in [2.24, 2.45) is 5.92 Å². The Morgan fingerprint density at radius 3 is 2.72 bits per heavy atom. The molecule has 168 valence electrons. The molecule has 0 aromatic heterocycles. The molecule has 1 N–H and O–H groups in total. The third kappa shape index (κ3) is 4.85. The fourth-order valence-corrected chi connectivity index (χ4v) is 3.52. The third-order valence-electron chi connectivity index (χ3n) is 5.60. The van der Waals surface area contributed by atoms with E-state index in [0.717, 1.165) is 12.8 Å². The van der Waals surface area contributed by atoms with E-state index in [2.05, 4.69) is 5.32 Å². The maximum atomic E-state index is 12.8. The molecule has 8 heteroatoms. The number of methoxy groups -OCH3 is 1. The maximum Gasteiger partial charge on any atom is 0.265 e. The maximum absolute atomic E-state index is 12.8. The van der Waals surface area contributed by atoms with Gasteiger partial charge in [-0.15, -0.1) is 0 Å². The van der Waals surface area contributed by atoms with Gasteiger partial charge >= 0.3 is 0 Å². The number of carbonyl (C=O) groups excluding carboxylic acids is 3. The van der Waals surface area contributed by atoms with E-state index in [9.17, 15) is 14.4 Å². The third-order valence-corrected chi connectivity index (χ3v) is 5.60. The first-order valence-electron chi connectivity index (χ1n) is 10.6. The molecule has 1 fully saturated rings. The van der Waals surface area contributed by atoms with E-state index in [4.69, 9.17) is 14.2 Å². The molecule has 1 heterocycles. The standard InChI is InChI=1S/C24H26N2O6/c1-15(24(29)25-12-16-6-7-16)26-20-10-17(8-9-22(20)32-14-23(26)28)21(27)13-31-19-5-3-4-18(11-19)30-2/h3-5,8-11,15-16H,6-7,12-14H2,1-2H3,(H,25,29). The Bertz CT molecular complexity index is 1030. The minimum Gasteiger partial charge on any atom is -0.497 e. The lowest BCUT2D eigenvalue weighted by atomic mass is 10.1. The number of ketones is 1. The summed E-state index contributed by atoms with van der Waals surface area (Å²) in [5.74, 6) is 1.31. The minimum atomic E-state index is -0.720. The minimum absolute atomic E-state index is 0.153. The van der Waals surface area contributed by atoms with Crippen LogP contribution >= 0.6 is 0 Å². The van der Waals surface area contributed by atoms with Crippen molar-refractivity contribution in [2.75, 3.05) is 31.8 Å². The van der Waals surface area contributed by atoms with E-state index in [1.165, 1.54) is 4.90 Å². The monoisotopic (exact) mass is 438 g/mol. The summed E-state index contributed by atoms with van der Waals surface area (Å²) in [6, 6.07) is 11.1. The van der Waals surface area contributed by atoms with Gasteiger partial charge in [-0.1, -0.05) is 6.07 Å². The zero-order valence-electron chi connectivity index (χ0n) is 18.1. The number of Topliss-reactive ketones (excluding diaryl/α,β-unsaturated/α-hetero) is 1. The number of rotatable bonds is 9. The molecular weight excluding hydrogens is 412 g/mol. The van der Waals surface area contributed by atoms with Gasteiger partial charge in [-0.2, -0.15) is 0 Å². The number of hydrogen-bond acceptors (Lipinski definition) is 6. The number of nitrogens with one attached hydrogen (secondary N) is 1. The Balaban J connectivity index is 1.48. The second-order valence-corrected chi connectivity index (χ2v) is 7.99. The molecule has 1 unspecified atom stereocenters. The molecule has 0 radical (unpaired) electrons. The van der Waals surface area contributed by atoms with Crippen LogP contribution in [0.1, 0.15) is 30.1 Å². The van der Waals surface area contributed by atoms with Crippen LogP contribution < -0.4 is 24.4 Å². The fourth-order valence-electron chi connectivity index (χ4n) is 3.52. The Hall–Kier alpha value is -3.55.